The molecule has 0 aliphatic rings. The fourth-order valence-corrected chi connectivity index (χ4v) is 2.71. The zero-order valence-corrected chi connectivity index (χ0v) is 14.4. The normalized spacial score (nSPS) is 12.6. The van der Waals surface area contributed by atoms with E-state index in [1.54, 1.807) is 0 Å². The number of unbranched alkanes of at least 4 members (excludes halogenated alkanes) is 1. The molecule has 1 aromatic carbocycles. The molecule has 18 heavy (non-hydrogen) atoms. The fourth-order valence-electron chi connectivity index (χ4n) is 1.53. The Morgan fingerprint density at radius 3 is 2.78 bits per heavy atom. The zero-order chi connectivity index (χ0) is 13.2. The molecule has 0 spiro atoms. The number of halogens is 2. The molecule has 0 saturated carbocycles. The van der Waals surface area contributed by atoms with E-state index in [0.717, 1.165) is 21.9 Å². The van der Waals surface area contributed by atoms with Crippen LogP contribution in [0.5, 0.6) is 0 Å². The Balaban J connectivity index is 2.29. The summed E-state index contributed by atoms with van der Waals surface area (Å²) in [6.45, 7) is 4.34. The number of rotatable bonds is 9. The summed E-state index contributed by atoms with van der Waals surface area (Å²) >= 11 is 5.85. The Hall–Kier alpha value is 0.350. The largest absolute Gasteiger partial charge is 0.379 e. The predicted octanol–water partition coefficient (Wildman–Crippen LogP) is 4.76. The Morgan fingerprint density at radius 2 is 2.11 bits per heavy atom. The van der Waals surface area contributed by atoms with Gasteiger partial charge in [0.25, 0.3) is 0 Å². The minimum absolute atomic E-state index is 0.151. The Kier molecular flexibility index (Phi) is 9.27. The Bertz CT molecular complexity index is 333. The lowest BCUT2D eigenvalue weighted by atomic mass is 10.1. The molecule has 0 aromatic heterocycles. The first-order chi connectivity index (χ1) is 8.77. The van der Waals surface area contributed by atoms with E-state index < -0.39 is 0 Å². The minimum Gasteiger partial charge on any atom is -0.379 e. The summed E-state index contributed by atoms with van der Waals surface area (Å²) in [5, 5.41) is 0. The molecule has 2 nitrogen and oxygen atoms in total. The lowest BCUT2D eigenvalue weighted by molar-refractivity contribution is 0.0139. The van der Waals surface area contributed by atoms with Gasteiger partial charge in [-0.2, -0.15) is 0 Å². The third kappa shape index (κ3) is 6.50. The number of ether oxygens (including phenoxy) is 2. The molecule has 0 fully saturated rings. The molecule has 0 amide bonds. The van der Waals surface area contributed by atoms with Gasteiger partial charge in [0.05, 0.1) is 19.3 Å². The van der Waals surface area contributed by atoms with E-state index in [1.807, 2.05) is 12.1 Å². The molecule has 0 bridgehead atoms. The molecule has 1 aromatic rings. The maximum Gasteiger partial charge on any atom is 0.0915 e. The summed E-state index contributed by atoms with van der Waals surface area (Å²) in [6.07, 6.45) is 2.45. The summed E-state index contributed by atoms with van der Waals surface area (Å²) in [7, 11) is 0. The first-order valence-corrected chi connectivity index (χ1v) is 8.60. The second-order valence-corrected chi connectivity index (χ2v) is 5.83. The average Bonchev–Trinajstić information content (AvgIpc) is 2.38. The molecule has 0 heterocycles. The molecule has 0 aliphatic carbocycles. The van der Waals surface area contributed by atoms with Crippen LogP contribution < -0.4 is 0 Å². The van der Waals surface area contributed by atoms with E-state index in [1.165, 1.54) is 12.0 Å². The van der Waals surface area contributed by atoms with Crippen molar-refractivity contribution in [3.8, 4) is 0 Å². The highest BCUT2D eigenvalue weighted by molar-refractivity contribution is 14.1. The van der Waals surface area contributed by atoms with Gasteiger partial charge in [0.1, 0.15) is 0 Å². The maximum absolute atomic E-state index is 5.86. The van der Waals surface area contributed by atoms with Crippen molar-refractivity contribution in [3.05, 3.63) is 34.3 Å². The van der Waals surface area contributed by atoms with Crippen molar-refractivity contribution >= 4 is 38.5 Å². The van der Waals surface area contributed by atoms with Crippen LogP contribution in [0.3, 0.4) is 0 Å². The van der Waals surface area contributed by atoms with Crippen LogP contribution in [0, 0.1) is 0 Å². The first kappa shape index (κ1) is 16.4. The Morgan fingerprint density at radius 1 is 1.28 bits per heavy atom. The summed E-state index contributed by atoms with van der Waals surface area (Å²) in [5.41, 5.74) is 1.22. The van der Waals surface area contributed by atoms with Gasteiger partial charge in [-0.15, -0.1) is 0 Å². The fraction of sp³-hybridized carbons (Fsp3) is 0.571. The second-order valence-electron chi connectivity index (χ2n) is 4.03. The van der Waals surface area contributed by atoms with Crippen molar-refractivity contribution in [3.63, 3.8) is 0 Å². The van der Waals surface area contributed by atoms with Gasteiger partial charge in [-0.05, 0) is 24.1 Å². The average molecular weight is 427 g/mol. The molecule has 0 aliphatic heterocycles. The van der Waals surface area contributed by atoms with E-state index in [-0.39, 0.29) is 6.10 Å². The van der Waals surface area contributed by atoms with E-state index in [2.05, 4.69) is 57.6 Å². The van der Waals surface area contributed by atoms with Crippen molar-refractivity contribution in [2.24, 2.45) is 0 Å². The van der Waals surface area contributed by atoms with Gasteiger partial charge >= 0.3 is 0 Å². The van der Waals surface area contributed by atoms with Gasteiger partial charge < -0.3 is 9.47 Å². The van der Waals surface area contributed by atoms with Crippen LogP contribution in [0.15, 0.2) is 28.7 Å². The highest BCUT2D eigenvalue weighted by Gasteiger charge is 2.10. The molecule has 0 saturated heterocycles. The Labute approximate surface area is 132 Å². The second kappa shape index (κ2) is 10.2. The zero-order valence-electron chi connectivity index (χ0n) is 10.7. The maximum atomic E-state index is 5.86. The van der Waals surface area contributed by atoms with Gasteiger partial charge in [0, 0.05) is 15.5 Å². The van der Waals surface area contributed by atoms with E-state index in [0.29, 0.717) is 13.2 Å². The molecule has 1 atom stereocenters. The van der Waals surface area contributed by atoms with Crippen LogP contribution in [0.4, 0.5) is 0 Å². The van der Waals surface area contributed by atoms with Crippen LogP contribution in [-0.4, -0.2) is 24.2 Å². The summed E-state index contributed by atoms with van der Waals surface area (Å²) in [6, 6.07) is 8.29. The number of hydrogen-bond acceptors (Lipinski definition) is 2. The third-order valence-electron chi connectivity index (χ3n) is 2.55. The number of alkyl halides is 1. The van der Waals surface area contributed by atoms with Gasteiger partial charge in [0.15, 0.2) is 0 Å². The van der Waals surface area contributed by atoms with Crippen molar-refractivity contribution in [2.75, 3.05) is 24.2 Å². The molecule has 1 unspecified atom stereocenters. The lowest BCUT2D eigenvalue weighted by Crippen LogP contribution is -2.11. The highest BCUT2D eigenvalue weighted by Crippen LogP contribution is 2.23. The van der Waals surface area contributed by atoms with Crippen LogP contribution in [0.2, 0.25) is 0 Å². The van der Waals surface area contributed by atoms with Crippen LogP contribution in [-0.2, 0) is 9.47 Å². The van der Waals surface area contributed by atoms with E-state index in [9.17, 15) is 0 Å². The quantitative estimate of drug-likeness (QED) is 0.322. The van der Waals surface area contributed by atoms with Gasteiger partial charge in [-0.1, -0.05) is 64.0 Å². The highest BCUT2D eigenvalue weighted by atomic mass is 127. The molecule has 4 heteroatoms. The third-order valence-corrected chi connectivity index (χ3v) is 3.84. The molecule has 102 valence electrons. The molecule has 0 radical (unpaired) electrons. The van der Waals surface area contributed by atoms with Crippen molar-refractivity contribution < 1.29 is 9.47 Å². The minimum atomic E-state index is 0.151. The molecule has 0 N–H and O–H groups in total. The smallest absolute Gasteiger partial charge is 0.0915 e. The van der Waals surface area contributed by atoms with Crippen molar-refractivity contribution in [1.82, 2.24) is 0 Å². The van der Waals surface area contributed by atoms with Crippen molar-refractivity contribution in [1.29, 1.82) is 0 Å². The first-order valence-electron chi connectivity index (χ1n) is 6.28. The topological polar surface area (TPSA) is 18.5 Å². The lowest BCUT2D eigenvalue weighted by Gasteiger charge is -2.16. The molecule has 1 rings (SSSR count). The number of hydrogen-bond donors (Lipinski definition) is 0. The van der Waals surface area contributed by atoms with Crippen molar-refractivity contribution in [2.45, 2.75) is 25.9 Å². The van der Waals surface area contributed by atoms with Gasteiger partial charge in [-0.3, -0.25) is 0 Å². The van der Waals surface area contributed by atoms with Crippen LogP contribution in [0.1, 0.15) is 31.4 Å². The van der Waals surface area contributed by atoms with E-state index in [4.69, 9.17) is 9.47 Å². The monoisotopic (exact) mass is 426 g/mol. The van der Waals surface area contributed by atoms with E-state index >= 15 is 0 Å². The SMILES string of the molecule is CCCCOCCOC(CI)c1cccc(Br)c1. The van der Waals surface area contributed by atoms with Crippen LogP contribution >= 0.6 is 38.5 Å². The standard InChI is InChI=1S/C14H20BrIO2/c1-2-3-7-17-8-9-18-14(11-16)12-5-4-6-13(15)10-12/h4-6,10,14H,2-3,7-9,11H2,1H3. The molecular weight excluding hydrogens is 407 g/mol. The van der Waals surface area contributed by atoms with Crippen LogP contribution in [0.25, 0.3) is 0 Å². The number of benzene rings is 1. The predicted molar refractivity (Wildman–Crippen MR) is 87.4 cm³/mol. The van der Waals surface area contributed by atoms with Gasteiger partial charge in [0.2, 0.25) is 0 Å². The van der Waals surface area contributed by atoms with Gasteiger partial charge in [-0.25, -0.2) is 0 Å². The molecular formula is C14H20BrIO2. The summed E-state index contributed by atoms with van der Waals surface area (Å²) in [5.74, 6) is 0. The summed E-state index contributed by atoms with van der Waals surface area (Å²) in [4.78, 5) is 0. The summed E-state index contributed by atoms with van der Waals surface area (Å²) < 4.78 is 13.4.